The fourth-order valence-corrected chi connectivity index (χ4v) is 2.12. The van der Waals surface area contributed by atoms with Crippen LogP contribution in [-0.2, 0) is 0 Å². The van der Waals surface area contributed by atoms with Gasteiger partial charge in [-0.1, -0.05) is 66.2 Å². The fraction of sp³-hybridized carbons (Fsp3) is 1.00. The zero-order valence-electron chi connectivity index (χ0n) is 9.40. The zero-order chi connectivity index (χ0) is 9.40. The standard InChI is InChI=1S/C10H20.C2H6/c1-3-4-7-10-8-5-6-9(10)2;1-2/h9-10H,3-8H2,1-2H3;1-2H3/t9-,10+;/m1./s1. The first kappa shape index (κ1) is 12.0. The molecule has 0 aromatic carbocycles. The molecular weight excluding hydrogens is 144 g/mol. The molecule has 0 unspecified atom stereocenters. The van der Waals surface area contributed by atoms with E-state index in [1.165, 1.54) is 38.5 Å². The van der Waals surface area contributed by atoms with Crippen LogP contribution in [-0.4, -0.2) is 0 Å². The van der Waals surface area contributed by atoms with Crippen molar-refractivity contribution in [3.05, 3.63) is 0 Å². The van der Waals surface area contributed by atoms with Gasteiger partial charge in [0, 0.05) is 0 Å². The Labute approximate surface area is 78.8 Å². The summed E-state index contributed by atoms with van der Waals surface area (Å²) in [6.45, 7) is 8.72. The van der Waals surface area contributed by atoms with Gasteiger partial charge >= 0.3 is 0 Å². The molecule has 0 heterocycles. The summed E-state index contributed by atoms with van der Waals surface area (Å²) in [5, 5.41) is 0. The van der Waals surface area contributed by atoms with E-state index in [0.717, 1.165) is 11.8 Å². The van der Waals surface area contributed by atoms with Crippen molar-refractivity contribution < 1.29 is 0 Å². The van der Waals surface area contributed by atoms with Crippen molar-refractivity contribution >= 4 is 0 Å². The molecule has 1 rings (SSSR count). The van der Waals surface area contributed by atoms with E-state index in [9.17, 15) is 0 Å². The van der Waals surface area contributed by atoms with Gasteiger partial charge in [-0.3, -0.25) is 0 Å². The van der Waals surface area contributed by atoms with Crippen LogP contribution < -0.4 is 0 Å². The van der Waals surface area contributed by atoms with Crippen LogP contribution in [0.2, 0.25) is 0 Å². The van der Waals surface area contributed by atoms with Crippen molar-refractivity contribution in [1.29, 1.82) is 0 Å². The third-order valence-corrected chi connectivity index (χ3v) is 2.97. The minimum atomic E-state index is 1.03. The van der Waals surface area contributed by atoms with Gasteiger partial charge in [0.15, 0.2) is 0 Å². The average Bonchev–Trinajstić information content (AvgIpc) is 2.51. The van der Waals surface area contributed by atoms with E-state index in [-0.39, 0.29) is 0 Å². The molecule has 0 bridgehead atoms. The Hall–Kier alpha value is 0. The first-order valence-corrected chi connectivity index (χ1v) is 5.84. The molecule has 1 aliphatic carbocycles. The Morgan fingerprint density at radius 1 is 1.17 bits per heavy atom. The van der Waals surface area contributed by atoms with Crippen molar-refractivity contribution in [2.24, 2.45) is 11.8 Å². The average molecular weight is 170 g/mol. The summed E-state index contributed by atoms with van der Waals surface area (Å²) in [5.74, 6) is 2.12. The summed E-state index contributed by atoms with van der Waals surface area (Å²) in [4.78, 5) is 0. The van der Waals surface area contributed by atoms with Crippen LogP contribution in [0.15, 0.2) is 0 Å². The first-order chi connectivity index (χ1) is 5.84. The molecule has 0 aromatic rings. The van der Waals surface area contributed by atoms with Crippen LogP contribution in [0.5, 0.6) is 0 Å². The monoisotopic (exact) mass is 170 g/mol. The third-order valence-electron chi connectivity index (χ3n) is 2.97. The molecule has 0 radical (unpaired) electrons. The minimum absolute atomic E-state index is 1.03. The van der Waals surface area contributed by atoms with E-state index >= 15 is 0 Å². The maximum Gasteiger partial charge on any atom is -0.0388 e. The van der Waals surface area contributed by atoms with Gasteiger partial charge in [-0.05, 0) is 11.8 Å². The van der Waals surface area contributed by atoms with Crippen molar-refractivity contribution in [1.82, 2.24) is 0 Å². The Morgan fingerprint density at radius 2 is 1.83 bits per heavy atom. The van der Waals surface area contributed by atoms with Crippen LogP contribution in [0.3, 0.4) is 0 Å². The molecule has 0 N–H and O–H groups in total. The largest absolute Gasteiger partial charge is 0.0683 e. The SMILES string of the molecule is CC.CCCC[C@H]1CCC[C@H]1C. The zero-order valence-corrected chi connectivity index (χ0v) is 9.40. The fourth-order valence-electron chi connectivity index (χ4n) is 2.12. The lowest BCUT2D eigenvalue weighted by Crippen LogP contribution is -2.02. The van der Waals surface area contributed by atoms with Crippen LogP contribution in [0, 0.1) is 11.8 Å². The molecule has 12 heavy (non-hydrogen) atoms. The van der Waals surface area contributed by atoms with E-state index in [2.05, 4.69) is 13.8 Å². The minimum Gasteiger partial charge on any atom is -0.0683 e. The van der Waals surface area contributed by atoms with E-state index in [1.54, 1.807) is 0 Å². The van der Waals surface area contributed by atoms with Crippen LogP contribution in [0.4, 0.5) is 0 Å². The van der Waals surface area contributed by atoms with Crippen molar-refractivity contribution in [2.75, 3.05) is 0 Å². The second-order valence-corrected chi connectivity index (χ2v) is 3.81. The second-order valence-electron chi connectivity index (χ2n) is 3.81. The molecule has 0 saturated heterocycles. The molecule has 0 amide bonds. The van der Waals surface area contributed by atoms with Crippen LogP contribution >= 0.6 is 0 Å². The lowest BCUT2D eigenvalue weighted by molar-refractivity contribution is 0.380. The van der Waals surface area contributed by atoms with Gasteiger partial charge in [0.25, 0.3) is 0 Å². The predicted octanol–water partition coefficient (Wildman–Crippen LogP) is 4.64. The van der Waals surface area contributed by atoms with Gasteiger partial charge < -0.3 is 0 Å². The summed E-state index contributed by atoms with van der Waals surface area (Å²) < 4.78 is 0. The molecule has 1 fully saturated rings. The van der Waals surface area contributed by atoms with E-state index in [4.69, 9.17) is 0 Å². The highest BCUT2D eigenvalue weighted by Crippen LogP contribution is 2.34. The molecule has 0 aromatic heterocycles. The summed E-state index contributed by atoms with van der Waals surface area (Å²) in [6.07, 6.45) is 8.83. The Morgan fingerprint density at radius 3 is 2.25 bits per heavy atom. The highest BCUT2D eigenvalue weighted by molar-refractivity contribution is 4.73. The van der Waals surface area contributed by atoms with Crippen molar-refractivity contribution in [3.63, 3.8) is 0 Å². The van der Waals surface area contributed by atoms with Crippen LogP contribution in [0.1, 0.15) is 66.2 Å². The Bertz CT molecular complexity index is 86.0. The molecule has 1 aliphatic rings. The highest BCUT2D eigenvalue weighted by Gasteiger charge is 2.21. The Balaban J connectivity index is 0.000000561. The van der Waals surface area contributed by atoms with Crippen LogP contribution in [0.25, 0.3) is 0 Å². The van der Waals surface area contributed by atoms with E-state index in [0.29, 0.717) is 0 Å². The summed E-state index contributed by atoms with van der Waals surface area (Å²) in [7, 11) is 0. The lowest BCUT2D eigenvalue weighted by atomic mass is 9.93. The molecular formula is C12H26. The maximum absolute atomic E-state index is 2.42. The molecule has 0 heteroatoms. The molecule has 0 spiro atoms. The van der Waals surface area contributed by atoms with Gasteiger partial charge in [-0.25, -0.2) is 0 Å². The second kappa shape index (κ2) is 7.64. The van der Waals surface area contributed by atoms with Crippen molar-refractivity contribution in [2.45, 2.75) is 66.2 Å². The van der Waals surface area contributed by atoms with Gasteiger partial charge in [0.2, 0.25) is 0 Å². The number of rotatable bonds is 3. The number of hydrogen-bond donors (Lipinski definition) is 0. The molecule has 0 nitrogen and oxygen atoms in total. The Kier molecular flexibility index (Phi) is 7.64. The summed E-state index contributed by atoms with van der Waals surface area (Å²) in [5.41, 5.74) is 0. The summed E-state index contributed by atoms with van der Waals surface area (Å²) in [6, 6.07) is 0. The first-order valence-electron chi connectivity index (χ1n) is 5.84. The van der Waals surface area contributed by atoms with E-state index in [1.807, 2.05) is 13.8 Å². The number of hydrogen-bond acceptors (Lipinski definition) is 0. The van der Waals surface area contributed by atoms with E-state index < -0.39 is 0 Å². The summed E-state index contributed by atoms with van der Waals surface area (Å²) >= 11 is 0. The van der Waals surface area contributed by atoms with Crippen molar-refractivity contribution in [3.8, 4) is 0 Å². The smallest absolute Gasteiger partial charge is 0.0388 e. The highest BCUT2D eigenvalue weighted by atomic mass is 14.3. The van der Waals surface area contributed by atoms with Gasteiger partial charge in [0.1, 0.15) is 0 Å². The topological polar surface area (TPSA) is 0 Å². The molecule has 2 atom stereocenters. The van der Waals surface area contributed by atoms with Gasteiger partial charge in [0.05, 0.1) is 0 Å². The quantitative estimate of drug-likeness (QED) is 0.579. The number of unbranched alkanes of at least 4 members (excludes halogenated alkanes) is 1. The molecule has 1 saturated carbocycles. The third kappa shape index (κ3) is 4.13. The maximum atomic E-state index is 2.42. The van der Waals surface area contributed by atoms with Gasteiger partial charge in [-0.15, -0.1) is 0 Å². The molecule has 0 aliphatic heterocycles. The molecule has 74 valence electrons. The van der Waals surface area contributed by atoms with Gasteiger partial charge in [-0.2, -0.15) is 0 Å². The normalized spacial score (nSPS) is 28.0. The lowest BCUT2D eigenvalue weighted by Gasteiger charge is -2.13. The predicted molar refractivity (Wildman–Crippen MR) is 57.4 cm³/mol.